The van der Waals surface area contributed by atoms with Crippen molar-refractivity contribution >= 4 is 41.4 Å². The zero-order valence-electron chi connectivity index (χ0n) is 20.0. The minimum Gasteiger partial charge on any atom is -0.481 e. The van der Waals surface area contributed by atoms with E-state index >= 15 is 0 Å². The van der Waals surface area contributed by atoms with Crippen LogP contribution in [-0.4, -0.2) is 82.6 Å². The summed E-state index contributed by atoms with van der Waals surface area (Å²) in [7, 11) is 0. The van der Waals surface area contributed by atoms with Gasteiger partial charge in [0, 0.05) is 0 Å². The van der Waals surface area contributed by atoms with E-state index in [1.807, 2.05) is 13.8 Å². The highest BCUT2D eigenvalue weighted by molar-refractivity contribution is 7.98. The lowest BCUT2D eigenvalue weighted by Gasteiger charge is -2.25. The number of aliphatic carboxylic acids is 2. The van der Waals surface area contributed by atoms with Crippen molar-refractivity contribution in [3.05, 3.63) is 0 Å². The van der Waals surface area contributed by atoms with Crippen LogP contribution in [0.2, 0.25) is 0 Å². The van der Waals surface area contributed by atoms with Crippen LogP contribution in [-0.2, 0) is 24.0 Å². The fourth-order valence-corrected chi connectivity index (χ4v) is 3.51. The molecule has 0 bridgehead atoms. The number of hydrogen-bond donors (Lipinski definition) is 7. The standard InChI is InChI=1S/C21H39N5O7S/c1-12(2)10-15(25-18(29)13(23)6-4-5-8-22)19(30)26-16(11-17(27)28)20(31)24-14(21(32)33)7-9-34-3/h12-16H,4-11,22-23H2,1-3H3,(H,24,31)(H,25,29)(H,26,30)(H,27,28)(H,32,33). The number of carbonyl (C=O) groups excluding carboxylic acids is 3. The first-order valence-electron chi connectivity index (χ1n) is 11.2. The van der Waals surface area contributed by atoms with Gasteiger partial charge in [0.15, 0.2) is 0 Å². The lowest BCUT2D eigenvalue weighted by molar-refractivity contribution is -0.143. The van der Waals surface area contributed by atoms with Gasteiger partial charge in [-0.25, -0.2) is 4.79 Å². The van der Waals surface area contributed by atoms with Crippen molar-refractivity contribution in [2.24, 2.45) is 17.4 Å². The van der Waals surface area contributed by atoms with E-state index in [9.17, 15) is 34.2 Å². The number of carbonyl (C=O) groups is 5. The van der Waals surface area contributed by atoms with Gasteiger partial charge in [0.25, 0.3) is 0 Å². The van der Waals surface area contributed by atoms with Crippen LogP contribution in [0.5, 0.6) is 0 Å². The van der Waals surface area contributed by atoms with Gasteiger partial charge in [-0.3, -0.25) is 19.2 Å². The van der Waals surface area contributed by atoms with Gasteiger partial charge in [0.05, 0.1) is 12.5 Å². The number of nitrogens with two attached hydrogens (primary N) is 2. The summed E-state index contributed by atoms with van der Waals surface area (Å²) in [5.74, 6) is -4.41. The summed E-state index contributed by atoms with van der Waals surface area (Å²) in [5, 5.41) is 25.7. The SMILES string of the molecule is CSCCC(NC(=O)C(CC(=O)O)NC(=O)C(CC(C)C)NC(=O)C(N)CCCCN)C(=O)O. The van der Waals surface area contributed by atoms with Crippen LogP contribution in [0.3, 0.4) is 0 Å². The Labute approximate surface area is 204 Å². The largest absolute Gasteiger partial charge is 0.481 e. The van der Waals surface area contributed by atoms with Gasteiger partial charge in [0.1, 0.15) is 18.1 Å². The smallest absolute Gasteiger partial charge is 0.326 e. The molecule has 0 heterocycles. The van der Waals surface area contributed by atoms with Crippen LogP contribution in [0.4, 0.5) is 0 Å². The quantitative estimate of drug-likeness (QED) is 0.116. The molecule has 0 fully saturated rings. The Bertz CT molecular complexity index is 692. The second kappa shape index (κ2) is 17.1. The zero-order valence-corrected chi connectivity index (χ0v) is 20.9. The molecule has 0 spiro atoms. The molecule has 12 nitrogen and oxygen atoms in total. The van der Waals surface area contributed by atoms with E-state index in [4.69, 9.17) is 11.5 Å². The number of carboxylic acids is 2. The fourth-order valence-electron chi connectivity index (χ4n) is 3.04. The number of nitrogens with one attached hydrogen (secondary N) is 3. The molecule has 4 atom stereocenters. The molecule has 0 aromatic rings. The lowest BCUT2D eigenvalue weighted by Crippen LogP contribution is -2.57. The number of amides is 3. The van der Waals surface area contributed by atoms with Gasteiger partial charge < -0.3 is 37.6 Å². The van der Waals surface area contributed by atoms with Gasteiger partial charge in [-0.2, -0.15) is 11.8 Å². The number of unbranched alkanes of at least 4 members (excludes halogenated alkanes) is 1. The Morgan fingerprint density at radius 2 is 1.41 bits per heavy atom. The normalized spacial score (nSPS) is 14.5. The second-order valence-electron chi connectivity index (χ2n) is 8.42. The van der Waals surface area contributed by atoms with E-state index in [1.54, 1.807) is 6.26 Å². The average molecular weight is 506 g/mol. The highest BCUT2D eigenvalue weighted by Gasteiger charge is 2.31. The Morgan fingerprint density at radius 3 is 1.91 bits per heavy atom. The molecule has 0 saturated carbocycles. The molecule has 0 rings (SSSR count). The first-order valence-corrected chi connectivity index (χ1v) is 12.6. The summed E-state index contributed by atoms with van der Waals surface area (Å²) in [6.45, 7) is 4.14. The predicted molar refractivity (Wildman–Crippen MR) is 129 cm³/mol. The van der Waals surface area contributed by atoms with Gasteiger partial charge >= 0.3 is 11.9 Å². The van der Waals surface area contributed by atoms with Crippen LogP contribution in [0, 0.1) is 5.92 Å². The molecule has 3 amide bonds. The molecule has 0 aromatic carbocycles. The molecule has 13 heteroatoms. The summed E-state index contributed by atoms with van der Waals surface area (Å²) in [6, 6.07) is -4.65. The topological polar surface area (TPSA) is 214 Å². The van der Waals surface area contributed by atoms with Gasteiger partial charge in [0.2, 0.25) is 17.7 Å². The summed E-state index contributed by atoms with van der Waals surface area (Å²) in [5.41, 5.74) is 11.3. The van der Waals surface area contributed by atoms with Crippen LogP contribution in [0.15, 0.2) is 0 Å². The molecule has 0 aromatic heterocycles. The Morgan fingerprint density at radius 1 is 0.853 bits per heavy atom. The molecule has 196 valence electrons. The molecule has 0 aliphatic rings. The van der Waals surface area contributed by atoms with E-state index in [1.165, 1.54) is 11.8 Å². The summed E-state index contributed by atoms with van der Waals surface area (Å²) >= 11 is 1.39. The molecular weight excluding hydrogens is 466 g/mol. The number of thioether (sulfide) groups is 1. The van der Waals surface area contributed by atoms with Crippen molar-refractivity contribution in [3.8, 4) is 0 Å². The second-order valence-corrected chi connectivity index (χ2v) is 9.41. The summed E-state index contributed by atoms with van der Waals surface area (Å²) in [4.78, 5) is 60.7. The van der Waals surface area contributed by atoms with E-state index in [0.717, 1.165) is 0 Å². The third-order valence-electron chi connectivity index (χ3n) is 4.88. The van der Waals surface area contributed by atoms with E-state index in [0.29, 0.717) is 31.6 Å². The van der Waals surface area contributed by atoms with Crippen molar-refractivity contribution in [2.75, 3.05) is 18.6 Å². The maximum atomic E-state index is 12.9. The third kappa shape index (κ3) is 13.4. The maximum absolute atomic E-state index is 12.9. The van der Waals surface area contributed by atoms with Crippen molar-refractivity contribution in [1.29, 1.82) is 0 Å². The monoisotopic (exact) mass is 505 g/mol. The third-order valence-corrected chi connectivity index (χ3v) is 5.53. The Kier molecular flexibility index (Phi) is 15.9. The number of hydrogen-bond acceptors (Lipinski definition) is 8. The predicted octanol–water partition coefficient (Wildman–Crippen LogP) is -0.744. The fraction of sp³-hybridized carbons (Fsp3) is 0.762. The Balaban J connectivity index is 5.41. The first kappa shape index (κ1) is 31.6. The zero-order chi connectivity index (χ0) is 26.3. The minimum atomic E-state index is -1.52. The average Bonchev–Trinajstić information content (AvgIpc) is 2.74. The van der Waals surface area contributed by atoms with Gasteiger partial charge in [-0.05, 0) is 50.2 Å². The molecule has 0 radical (unpaired) electrons. The molecule has 0 saturated heterocycles. The highest BCUT2D eigenvalue weighted by Crippen LogP contribution is 2.08. The van der Waals surface area contributed by atoms with Gasteiger partial charge in [-0.15, -0.1) is 0 Å². The van der Waals surface area contributed by atoms with Crippen molar-refractivity contribution in [2.45, 2.75) is 76.5 Å². The molecule has 34 heavy (non-hydrogen) atoms. The van der Waals surface area contributed by atoms with Gasteiger partial charge in [-0.1, -0.05) is 20.3 Å². The van der Waals surface area contributed by atoms with Crippen molar-refractivity contribution < 1.29 is 34.2 Å². The van der Waals surface area contributed by atoms with Crippen LogP contribution < -0.4 is 27.4 Å². The van der Waals surface area contributed by atoms with E-state index < -0.39 is 60.2 Å². The molecule has 4 unspecified atom stereocenters. The van der Waals surface area contributed by atoms with E-state index in [-0.39, 0.29) is 18.8 Å². The summed E-state index contributed by atoms with van der Waals surface area (Å²) < 4.78 is 0. The number of rotatable bonds is 18. The molecule has 0 aliphatic carbocycles. The Hall–Kier alpha value is -2.38. The molecule has 0 aliphatic heterocycles. The molecule has 9 N–H and O–H groups in total. The highest BCUT2D eigenvalue weighted by atomic mass is 32.2. The van der Waals surface area contributed by atoms with Crippen LogP contribution in [0.25, 0.3) is 0 Å². The van der Waals surface area contributed by atoms with Crippen LogP contribution in [0.1, 0.15) is 52.4 Å². The van der Waals surface area contributed by atoms with Crippen molar-refractivity contribution in [1.82, 2.24) is 16.0 Å². The minimum absolute atomic E-state index is 0.0146. The number of carboxylic acid groups (broad SMARTS) is 2. The maximum Gasteiger partial charge on any atom is 0.326 e. The lowest BCUT2D eigenvalue weighted by atomic mass is 10.0. The van der Waals surface area contributed by atoms with E-state index in [2.05, 4.69) is 16.0 Å². The van der Waals surface area contributed by atoms with Crippen LogP contribution >= 0.6 is 11.8 Å². The molecular formula is C21H39N5O7S. The first-order chi connectivity index (χ1) is 15.9. The van der Waals surface area contributed by atoms with Crippen molar-refractivity contribution in [3.63, 3.8) is 0 Å². The summed E-state index contributed by atoms with van der Waals surface area (Å²) in [6.07, 6.45) is 3.11.